The first kappa shape index (κ1) is 13.3. The average molecular weight is 295 g/mol. The zero-order chi connectivity index (χ0) is 15.6. The quantitative estimate of drug-likeness (QED) is 0.463. The van der Waals surface area contributed by atoms with Gasteiger partial charge in [-0.3, -0.25) is 4.98 Å². The van der Waals surface area contributed by atoms with Crippen molar-refractivity contribution in [2.75, 3.05) is 0 Å². The van der Waals surface area contributed by atoms with Crippen molar-refractivity contribution in [3.05, 3.63) is 90.5 Å². The molecule has 0 N–H and O–H groups in total. The van der Waals surface area contributed by atoms with Crippen LogP contribution in [0.4, 0.5) is 5.69 Å². The number of hydrogen-bond donors (Lipinski definition) is 0. The van der Waals surface area contributed by atoms with Crippen molar-refractivity contribution in [1.82, 2.24) is 9.55 Å². The zero-order valence-corrected chi connectivity index (χ0v) is 12.3. The SMILES string of the molecule is [C-]#[N+]c1cccc(-c2cc3ccn(-c4ccccc4)c3cn2)c1. The number of fused-ring (bicyclic) bond motifs is 1. The summed E-state index contributed by atoms with van der Waals surface area (Å²) in [7, 11) is 0. The molecule has 0 saturated heterocycles. The van der Waals surface area contributed by atoms with Gasteiger partial charge in [-0.2, -0.15) is 0 Å². The van der Waals surface area contributed by atoms with Crippen molar-refractivity contribution in [2.24, 2.45) is 0 Å². The van der Waals surface area contributed by atoms with Gasteiger partial charge in [0.2, 0.25) is 0 Å². The largest absolute Gasteiger partial charge is 0.315 e. The maximum absolute atomic E-state index is 7.13. The number of pyridine rings is 1. The van der Waals surface area contributed by atoms with Crippen LogP contribution in [0.3, 0.4) is 0 Å². The molecule has 0 amide bonds. The fraction of sp³-hybridized carbons (Fsp3) is 0. The van der Waals surface area contributed by atoms with Gasteiger partial charge in [0, 0.05) is 17.3 Å². The number of aromatic nitrogens is 2. The third kappa shape index (κ3) is 2.37. The molecular formula is C20H13N3. The molecule has 0 aliphatic carbocycles. The van der Waals surface area contributed by atoms with Crippen molar-refractivity contribution in [1.29, 1.82) is 0 Å². The zero-order valence-electron chi connectivity index (χ0n) is 12.3. The standard InChI is InChI=1S/C20H13N3/c1-21-17-7-5-6-15(12-17)19-13-16-10-11-23(20(16)14-22-19)18-8-3-2-4-9-18/h2-14H. The second kappa shape index (κ2) is 5.43. The molecule has 0 fully saturated rings. The Morgan fingerprint density at radius 1 is 0.913 bits per heavy atom. The molecule has 0 atom stereocenters. The molecule has 2 aromatic heterocycles. The summed E-state index contributed by atoms with van der Waals surface area (Å²) in [6, 6.07) is 21.9. The molecule has 4 rings (SSSR count). The first-order valence-electron chi connectivity index (χ1n) is 7.35. The van der Waals surface area contributed by atoms with Gasteiger partial charge in [-0.05, 0) is 35.9 Å². The van der Waals surface area contributed by atoms with Gasteiger partial charge < -0.3 is 4.57 Å². The Morgan fingerprint density at radius 2 is 1.78 bits per heavy atom. The first-order chi connectivity index (χ1) is 11.3. The Balaban J connectivity index is 1.83. The molecule has 0 radical (unpaired) electrons. The van der Waals surface area contributed by atoms with Crippen molar-refractivity contribution in [3.63, 3.8) is 0 Å². The molecule has 23 heavy (non-hydrogen) atoms. The highest BCUT2D eigenvalue weighted by atomic mass is 15.0. The van der Waals surface area contributed by atoms with Gasteiger partial charge in [0.15, 0.2) is 5.69 Å². The molecule has 4 aromatic rings. The summed E-state index contributed by atoms with van der Waals surface area (Å²) in [5, 5.41) is 1.13. The number of benzene rings is 2. The minimum absolute atomic E-state index is 0.631. The van der Waals surface area contributed by atoms with E-state index >= 15 is 0 Å². The normalized spacial score (nSPS) is 10.6. The summed E-state index contributed by atoms with van der Waals surface area (Å²) >= 11 is 0. The van der Waals surface area contributed by atoms with Gasteiger partial charge in [0.1, 0.15) is 0 Å². The third-order valence-electron chi connectivity index (χ3n) is 3.88. The molecule has 0 bridgehead atoms. The smallest absolute Gasteiger partial charge is 0.187 e. The number of para-hydroxylation sites is 1. The predicted octanol–water partition coefficient (Wildman–Crippen LogP) is 5.24. The van der Waals surface area contributed by atoms with Crippen LogP contribution in [0.25, 0.3) is 32.7 Å². The van der Waals surface area contributed by atoms with Crippen molar-refractivity contribution in [2.45, 2.75) is 0 Å². The Morgan fingerprint density at radius 3 is 2.61 bits per heavy atom. The van der Waals surface area contributed by atoms with Crippen molar-refractivity contribution in [3.8, 4) is 16.9 Å². The molecule has 0 saturated carbocycles. The summed E-state index contributed by atoms with van der Waals surface area (Å²) in [5.74, 6) is 0. The van der Waals surface area contributed by atoms with E-state index < -0.39 is 0 Å². The second-order valence-corrected chi connectivity index (χ2v) is 5.31. The Labute approximate surface area is 134 Å². The minimum atomic E-state index is 0.631. The van der Waals surface area contributed by atoms with E-state index in [2.05, 4.69) is 44.9 Å². The van der Waals surface area contributed by atoms with E-state index in [-0.39, 0.29) is 0 Å². The highest BCUT2D eigenvalue weighted by molar-refractivity contribution is 5.85. The third-order valence-corrected chi connectivity index (χ3v) is 3.88. The first-order valence-corrected chi connectivity index (χ1v) is 7.35. The van der Waals surface area contributed by atoms with Gasteiger partial charge in [-0.25, -0.2) is 4.85 Å². The van der Waals surface area contributed by atoms with E-state index in [0.29, 0.717) is 5.69 Å². The van der Waals surface area contributed by atoms with Gasteiger partial charge in [0.05, 0.1) is 24.0 Å². The monoisotopic (exact) mass is 295 g/mol. The topological polar surface area (TPSA) is 22.2 Å². The maximum atomic E-state index is 7.13. The van der Waals surface area contributed by atoms with Gasteiger partial charge in [-0.1, -0.05) is 36.4 Å². The Hall–Kier alpha value is -3.38. The average Bonchev–Trinajstić information content (AvgIpc) is 3.05. The van der Waals surface area contributed by atoms with Crippen LogP contribution in [-0.4, -0.2) is 9.55 Å². The van der Waals surface area contributed by atoms with Crippen LogP contribution < -0.4 is 0 Å². The summed E-state index contributed by atoms with van der Waals surface area (Å²) < 4.78 is 2.13. The van der Waals surface area contributed by atoms with Crippen LogP contribution in [0.15, 0.2) is 79.1 Å². The Kier molecular flexibility index (Phi) is 3.14. The molecular weight excluding hydrogens is 282 g/mol. The van der Waals surface area contributed by atoms with Crippen LogP contribution in [0.1, 0.15) is 0 Å². The van der Waals surface area contributed by atoms with Gasteiger partial charge in [0.25, 0.3) is 0 Å². The molecule has 108 valence electrons. The lowest BCUT2D eigenvalue weighted by Crippen LogP contribution is -1.92. The molecule has 2 heterocycles. The fourth-order valence-electron chi connectivity index (χ4n) is 2.74. The predicted molar refractivity (Wildman–Crippen MR) is 92.8 cm³/mol. The highest BCUT2D eigenvalue weighted by Crippen LogP contribution is 2.27. The number of nitrogens with zero attached hydrogens (tertiary/aromatic N) is 3. The summed E-state index contributed by atoms with van der Waals surface area (Å²) in [4.78, 5) is 8.07. The number of hydrogen-bond acceptors (Lipinski definition) is 1. The molecule has 0 aliphatic rings. The summed E-state index contributed by atoms with van der Waals surface area (Å²) in [6.07, 6.45) is 3.95. The van der Waals surface area contributed by atoms with E-state index in [1.807, 2.05) is 42.6 Å². The molecule has 0 unspecified atom stereocenters. The van der Waals surface area contributed by atoms with Crippen LogP contribution in [0, 0.1) is 6.57 Å². The molecule has 0 spiro atoms. The van der Waals surface area contributed by atoms with Gasteiger partial charge >= 0.3 is 0 Å². The molecule has 2 aromatic carbocycles. The fourth-order valence-corrected chi connectivity index (χ4v) is 2.74. The molecule has 3 heteroatoms. The van der Waals surface area contributed by atoms with Crippen molar-refractivity contribution >= 4 is 16.6 Å². The van der Waals surface area contributed by atoms with Crippen LogP contribution in [-0.2, 0) is 0 Å². The van der Waals surface area contributed by atoms with E-state index in [9.17, 15) is 0 Å². The van der Waals surface area contributed by atoms with E-state index in [1.165, 1.54) is 0 Å². The van der Waals surface area contributed by atoms with Crippen LogP contribution in [0.2, 0.25) is 0 Å². The molecule has 0 aliphatic heterocycles. The lowest BCUT2D eigenvalue weighted by Gasteiger charge is -2.06. The van der Waals surface area contributed by atoms with Crippen LogP contribution >= 0.6 is 0 Å². The van der Waals surface area contributed by atoms with E-state index in [0.717, 1.165) is 27.8 Å². The number of rotatable bonds is 2. The highest BCUT2D eigenvalue weighted by Gasteiger charge is 2.06. The lowest BCUT2D eigenvalue weighted by molar-refractivity contribution is 1.12. The van der Waals surface area contributed by atoms with Crippen LogP contribution in [0.5, 0.6) is 0 Å². The van der Waals surface area contributed by atoms with Crippen molar-refractivity contribution < 1.29 is 0 Å². The van der Waals surface area contributed by atoms with E-state index in [1.54, 1.807) is 6.07 Å². The summed E-state index contributed by atoms with van der Waals surface area (Å²) in [5.41, 5.74) is 4.67. The minimum Gasteiger partial charge on any atom is -0.315 e. The van der Waals surface area contributed by atoms with Gasteiger partial charge in [-0.15, -0.1) is 0 Å². The Bertz CT molecular complexity index is 1020. The summed E-state index contributed by atoms with van der Waals surface area (Å²) in [6.45, 7) is 7.13. The molecule has 3 nitrogen and oxygen atoms in total. The lowest BCUT2D eigenvalue weighted by atomic mass is 10.1. The second-order valence-electron chi connectivity index (χ2n) is 5.31. The maximum Gasteiger partial charge on any atom is 0.187 e. The van der Waals surface area contributed by atoms with E-state index in [4.69, 9.17) is 6.57 Å².